The van der Waals surface area contributed by atoms with E-state index in [-0.39, 0.29) is 0 Å². The van der Waals surface area contributed by atoms with Crippen LogP contribution in [0.4, 0.5) is 0 Å². The first kappa shape index (κ1) is 17.1. The zero-order chi connectivity index (χ0) is 17.9. The molecule has 0 N–H and O–H groups in total. The van der Waals surface area contributed by atoms with Crippen molar-refractivity contribution in [3.8, 4) is 20.0 Å². The molecule has 0 unspecified atom stereocenters. The van der Waals surface area contributed by atoms with E-state index in [0.717, 1.165) is 6.42 Å². The van der Waals surface area contributed by atoms with E-state index >= 15 is 0 Å². The Morgan fingerprint density at radius 1 is 0.654 bits per heavy atom. The molecule has 0 aliphatic carbocycles. The first-order valence-electron chi connectivity index (χ1n) is 9.00. The van der Waals surface area contributed by atoms with Crippen LogP contribution in [-0.4, -0.2) is 14.5 Å². The van der Waals surface area contributed by atoms with Crippen LogP contribution in [-0.2, 0) is 6.42 Å². The Morgan fingerprint density at radius 3 is 1.92 bits per heavy atom. The Balaban J connectivity index is 1.77. The van der Waals surface area contributed by atoms with E-state index in [2.05, 4.69) is 98.8 Å². The van der Waals surface area contributed by atoms with E-state index in [4.69, 9.17) is 0 Å². The van der Waals surface area contributed by atoms with Crippen LogP contribution in [0.5, 0.6) is 0 Å². The van der Waals surface area contributed by atoms with E-state index in [1.807, 2.05) is 0 Å². The third-order valence-electron chi connectivity index (χ3n) is 4.70. The average Bonchev–Trinajstić information content (AvgIpc) is 3.09. The average molecular weight is 401 g/mol. The fraction of sp³-hybridized carbons (Fsp3) is 0.120. The molecule has 0 saturated heterocycles. The molecule has 26 heavy (non-hydrogen) atoms. The van der Waals surface area contributed by atoms with Crippen LogP contribution >= 0.6 is 0 Å². The molecule has 1 heteroatoms. The van der Waals surface area contributed by atoms with Gasteiger partial charge in [0.2, 0.25) is 0 Å². The first-order chi connectivity index (χ1) is 12.7. The van der Waals surface area contributed by atoms with Crippen LogP contribution in [0.15, 0.2) is 84.9 Å². The van der Waals surface area contributed by atoms with Crippen LogP contribution < -0.4 is 0 Å². The summed E-state index contributed by atoms with van der Waals surface area (Å²) in [5, 5.41) is 0. The molecule has 0 nitrogen and oxygen atoms in total. The molecule has 0 atom stereocenters. The SMILES string of the molecule is Cc1ccc(Cc2cc(-c3ccc(C)cc3)[se]c2-c2ccccc2)cc1. The molecular formula is C25H22Se. The number of rotatable bonds is 4. The van der Waals surface area contributed by atoms with Crippen molar-refractivity contribution >= 4 is 14.5 Å². The van der Waals surface area contributed by atoms with Crippen molar-refractivity contribution in [1.82, 2.24) is 0 Å². The molecule has 0 aliphatic rings. The normalized spacial score (nSPS) is 10.8. The number of hydrogen-bond acceptors (Lipinski definition) is 0. The van der Waals surface area contributed by atoms with Gasteiger partial charge in [0.05, 0.1) is 0 Å². The van der Waals surface area contributed by atoms with Gasteiger partial charge in [0.25, 0.3) is 0 Å². The molecule has 4 aromatic rings. The summed E-state index contributed by atoms with van der Waals surface area (Å²) in [6.07, 6.45) is 1.00. The van der Waals surface area contributed by atoms with Gasteiger partial charge in [-0.15, -0.1) is 0 Å². The van der Waals surface area contributed by atoms with Gasteiger partial charge in [0, 0.05) is 0 Å². The Morgan fingerprint density at radius 2 is 1.27 bits per heavy atom. The van der Waals surface area contributed by atoms with Crippen molar-refractivity contribution in [3.63, 3.8) is 0 Å². The minimum absolute atomic E-state index is 0.344. The first-order valence-corrected chi connectivity index (χ1v) is 10.7. The van der Waals surface area contributed by atoms with Crippen LogP contribution in [0.2, 0.25) is 0 Å². The Kier molecular flexibility index (Phi) is 4.93. The van der Waals surface area contributed by atoms with Crippen LogP contribution in [0, 0.1) is 13.8 Å². The molecule has 1 aromatic heterocycles. The molecule has 0 spiro atoms. The van der Waals surface area contributed by atoms with Crippen molar-refractivity contribution in [3.05, 3.63) is 107 Å². The monoisotopic (exact) mass is 402 g/mol. The van der Waals surface area contributed by atoms with Gasteiger partial charge < -0.3 is 0 Å². The molecule has 0 bridgehead atoms. The van der Waals surface area contributed by atoms with Crippen LogP contribution in [0.3, 0.4) is 0 Å². The minimum atomic E-state index is 0.344. The second kappa shape index (κ2) is 7.50. The molecule has 0 aliphatic heterocycles. The number of aryl methyl sites for hydroxylation is 2. The molecule has 0 fully saturated rings. The topological polar surface area (TPSA) is 0 Å². The predicted molar refractivity (Wildman–Crippen MR) is 113 cm³/mol. The second-order valence-electron chi connectivity index (χ2n) is 6.86. The molecule has 4 rings (SSSR count). The van der Waals surface area contributed by atoms with Gasteiger partial charge in [0.15, 0.2) is 0 Å². The van der Waals surface area contributed by atoms with E-state index < -0.39 is 0 Å². The zero-order valence-electron chi connectivity index (χ0n) is 15.2. The van der Waals surface area contributed by atoms with Crippen molar-refractivity contribution in [1.29, 1.82) is 0 Å². The predicted octanol–water partition coefficient (Wildman–Crippen LogP) is 6.29. The maximum atomic E-state index is 2.44. The fourth-order valence-corrected chi connectivity index (χ4v) is 5.68. The van der Waals surface area contributed by atoms with E-state index in [9.17, 15) is 0 Å². The summed E-state index contributed by atoms with van der Waals surface area (Å²) in [5.74, 6) is 0. The molecule has 1 heterocycles. The van der Waals surface area contributed by atoms with Gasteiger partial charge >= 0.3 is 162 Å². The van der Waals surface area contributed by atoms with Crippen molar-refractivity contribution in [2.75, 3.05) is 0 Å². The molecule has 128 valence electrons. The second-order valence-corrected chi connectivity index (χ2v) is 9.07. The van der Waals surface area contributed by atoms with Crippen molar-refractivity contribution < 1.29 is 0 Å². The molecular weight excluding hydrogens is 379 g/mol. The summed E-state index contributed by atoms with van der Waals surface area (Å²) < 4.78 is 3.01. The standard InChI is InChI=1S/C25H22Se/c1-18-8-12-20(13-9-18)16-23-17-24(21-14-10-19(2)11-15-21)26-25(23)22-6-4-3-5-7-22/h3-15,17H,16H2,1-2H3. The van der Waals surface area contributed by atoms with Crippen LogP contribution in [0.25, 0.3) is 20.0 Å². The molecule has 3 aromatic carbocycles. The van der Waals surface area contributed by atoms with Gasteiger partial charge in [-0.25, -0.2) is 0 Å². The summed E-state index contributed by atoms with van der Waals surface area (Å²) in [7, 11) is 0. The van der Waals surface area contributed by atoms with Gasteiger partial charge in [-0.05, 0) is 0 Å². The van der Waals surface area contributed by atoms with Crippen molar-refractivity contribution in [2.45, 2.75) is 20.3 Å². The Labute approximate surface area is 161 Å². The number of benzene rings is 3. The fourth-order valence-electron chi connectivity index (χ4n) is 3.18. The van der Waals surface area contributed by atoms with Gasteiger partial charge in [-0.3, -0.25) is 0 Å². The summed E-state index contributed by atoms with van der Waals surface area (Å²) in [4.78, 5) is 0. The third kappa shape index (κ3) is 3.75. The summed E-state index contributed by atoms with van der Waals surface area (Å²) >= 11 is 0.344. The van der Waals surface area contributed by atoms with Crippen LogP contribution in [0.1, 0.15) is 22.3 Å². The Hall–Kier alpha value is -2.34. The summed E-state index contributed by atoms with van der Waals surface area (Å²) in [6.45, 7) is 4.29. The van der Waals surface area contributed by atoms with E-state index in [0.29, 0.717) is 14.5 Å². The van der Waals surface area contributed by atoms with E-state index in [1.165, 1.54) is 42.3 Å². The third-order valence-corrected chi connectivity index (χ3v) is 7.37. The maximum absolute atomic E-state index is 2.44. The van der Waals surface area contributed by atoms with Gasteiger partial charge in [0.1, 0.15) is 0 Å². The Bertz CT molecular complexity index is 990. The summed E-state index contributed by atoms with van der Waals surface area (Å²) in [6, 6.07) is 31.2. The molecule has 0 amide bonds. The van der Waals surface area contributed by atoms with E-state index in [1.54, 1.807) is 0 Å². The number of hydrogen-bond donors (Lipinski definition) is 0. The molecule has 0 radical (unpaired) electrons. The molecule has 0 saturated carbocycles. The zero-order valence-corrected chi connectivity index (χ0v) is 16.9. The van der Waals surface area contributed by atoms with Gasteiger partial charge in [-0.1, -0.05) is 0 Å². The quantitative estimate of drug-likeness (QED) is 0.353. The van der Waals surface area contributed by atoms with Gasteiger partial charge in [-0.2, -0.15) is 0 Å². The van der Waals surface area contributed by atoms with Crippen molar-refractivity contribution in [2.24, 2.45) is 0 Å². The summed E-state index contributed by atoms with van der Waals surface area (Å²) in [5.41, 5.74) is 8.22.